The molecule has 64 heavy (non-hydrogen) atoms. The van der Waals surface area contributed by atoms with E-state index in [1.807, 2.05) is 12.1 Å². The highest BCUT2D eigenvalue weighted by molar-refractivity contribution is 6.36. The first kappa shape index (κ1) is 32.8. The number of aromatic nitrogens is 6. The van der Waals surface area contributed by atoms with Crippen molar-refractivity contribution in [1.29, 1.82) is 0 Å². The van der Waals surface area contributed by atoms with Gasteiger partial charge in [0.15, 0.2) is 5.65 Å². The Hall–Kier alpha value is -8.88. The minimum atomic E-state index is 0.526. The molecule has 16 rings (SSSR count). The van der Waals surface area contributed by atoms with Crippen molar-refractivity contribution >= 4 is 120 Å². The fourth-order valence-corrected chi connectivity index (χ4v) is 11.2. The smallest absolute Gasteiger partial charge is 0.237 e. The van der Waals surface area contributed by atoms with E-state index in [1.165, 1.54) is 0 Å². The monoisotopic (exact) mass is 816 g/mol. The second-order valence-corrected chi connectivity index (χ2v) is 16.8. The minimum absolute atomic E-state index is 0.526. The normalized spacial score (nSPS) is 12.7. The number of hydrogen-bond donors (Lipinski definition) is 0. The van der Waals surface area contributed by atoms with Crippen molar-refractivity contribution in [2.45, 2.75) is 0 Å². The standard InChI is InChI=1S/C56H28N6O2/c1-5-19-33-29(15-1)43-37-23-9-13-27-41(37)63-52(43)45-35-21-7-11-25-39(35)61(50(33)45)55-57-48-31-17-3-4-18-32(31)49-47(48)54(59-55)60-56(58-49)62-40-26-12-8-22-36(40)46-51(62)34-20-6-2-16-30(34)44-38-24-10-14-28-42(38)64-53(44)46/h1-28H. The largest absolute Gasteiger partial charge is 0.455 e. The Morgan fingerprint density at radius 2 is 0.688 bits per heavy atom. The molecule has 0 amide bonds. The molecule has 6 heterocycles. The lowest BCUT2D eigenvalue weighted by atomic mass is 9.99. The lowest BCUT2D eigenvalue weighted by Gasteiger charge is -2.13. The summed E-state index contributed by atoms with van der Waals surface area (Å²) in [5.41, 5.74) is 11.5. The highest BCUT2D eigenvalue weighted by atomic mass is 16.3. The van der Waals surface area contributed by atoms with E-state index in [9.17, 15) is 0 Å². The summed E-state index contributed by atoms with van der Waals surface area (Å²) < 4.78 is 18.1. The summed E-state index contributed by atoms with van der Waals surface area (Å²) in [5.74, 6) is 1.05. The van der Waals surface area contributed by atoms with Crippen molar-refractivity contribution in [3.8, 4) is 34.4 Å². The van der Waals surface area contributed by atoms with Gasteiger partial charge in [0.1, 0.15) is 22.3 Å². The number of para-hydroxylation sites is 4. The maximum atomic E-state index is 6.82. The molecule has 6 aromatic heterocycles. The predicted molar refractivity (Wildman–Crippen MR) is 258 cm³/mol. The highest BCUT2D eigenvalue weighted by Gasteiger charge is 2.31. The number of furan rings is 2. The van der Waals surface area contributed by atoms with Crippen LogP contribution in [0.3, 0.4) is 0 Å². The van der Waals surface area contributed by atoms with E-state index in [0.717, 1.165) is 137 Å². The van der Waals surface area contributed by atoms with Gasteiger partial charge in [-0.15, -0.1) is 0 Å². The first-order valence-corrected chi connectivity index (χ1v) is 21.5. The van der Waals surface area contributed by atoms with Crippen molar-refractivity contribution in [1.82, 2.24) is 29.1 Å². The molecule has 0 aliphatic heterocycles. The second kappa shape index (κ2) is 11.5. The van der Waals surface area contributed by atoms with Crippen LogP contribution in [0.1, 0.15) is 0 Å². The van der Waals surface area contributed by atoms with Gasteiger partial charge >= 0.3 is 0 Å². The molecule has 1 aliphatic carbocycles. The van der Waals surface area contributed by atoms with Gasteiger partial charge in [-0.05, 0) is 35.0 Å². The van der Waals surface area contributed by atoms with Gasteiger partial charge in [-0.1, -0.05) is 146 Å². The first-order valence-electron chi connectivity index (χ1n) is 21.5. The van der Waals surface area contributed by atoms with Crippen LogP contribution in [0.4, 0.5) is 0 Å². The number of rotatable bonds is 2. The summed E-state index contributed by atoms with van der Waals surface area (Å²) in [6.07, 6.45) is 0. The molecule has 8 heteroatoms. The van der Waals surface area contributed by atoms with Crippen LogP contribution in [0, 0.1) is 0 Å². The Bertz CT molecular complexity index is 4340. The van der Waals surface area contributed by atoms with Crippen molar-refractivity contribution < 1.29 is 8.83 Å². The zero-order valence-electron chi connectivity index (χ0n) is 33.7. The van der Waals surface area contributed by atoms with E-state index in [4.69, 9.17) is 28.8 Å². The van der Waals surface area contributed by atoms with Crippen LogP contribution < -0.4 is 0 Å². The summed E-state index contributed by atoms with van der Waals surface area (Å²) in [5, 5.41) is 13.8. The predicted octanol–water partition coefficient (Wildman–Crippen LogP) is 14.4. The number of hydrogen-bond acceptors (Lipinski definition) is 6. The zero-order chi connectivity index (χ0) is 41.4. The van der Waals surface area contributed by atoms with Crippen LogP contribution in [0.2, 0.25) is 0 Å². The van der Waals surface area contributed by atoms with Crippen LogP contribution >= 0.6 is 0 Å². The van der Waals surface area contributed by atoms with Crippen LogP contribution in [-0.4, -0.2) is 29.1 Å². The third kappa shape index (κ3) is 3.91. The Labute approximate surface area is 360 Å². The van der Waals surface area contributed by atoms with Gasteiger partial charge in [-0.3, -0.25) is 9.13 Å². The van der Waals surface area contributed by atoms with Gasteiger partial charge in [0.2, 0.25) is 11.9 Å². The van der Waals surface area contributed by atoms with Gasteiger partial charge in [0.05, 0.1) is 49.6 Å². The average Bonchev–Trinajstić information content (AvgIpc) is 4.16. The zero-order valence-corrected chi connectivity index (χ0v) is 33.7. The fraction of sp³-hybridized carbons (Fsp3) is 0. The molecule has 8 nitrogen and oxygen atoms in total. The summed E-state index contributed by atoms with van der Waals surface area (Å²) in [4.78, 5) is 22.0. The summed E-state index contributed by atoms with van der Waals surface area (Å²) >= 11 is 0. The molecule has 0 radical (unpaired) electrons. The molecule has 0 saturated carbocycles. The Morgan fingerprint density at radius 3 is 1.16 bits per heavy atom. The molecule has 0 atom stereocenters. The van der Waals surface area contributed by atoms with Gasteiger partial charge in [-0.25, -0.2) is 9.97 Å². The van der Waals surface area contributed by atoms with Crippen LogP contribution in [0.25, 0.3) is 154 Å². The molecule has 294 valence electrons. The molecular formula is C56H28N6O2. The molecule has 0 unspecified atom stereocenters. The summed E-state index contributed by atoms with van der Waals surface area (Å²) in [6.45, 7) is 0. The van der Waals surface area contributed by atoms with E-state index in [-0.39, 0.29) is 0 Å². The molecule has 0 fully saturated rings. The first-order chi connectivity index (χ1) is 31.8. The molecule has 1 aliphatic rings. The minimum Gasteiger partial charge on any atom is -0.455 e. The number of benzene rings is 9. The number of nitrogens with zero attached hydrogens (tertiary/aromatic N) is 6. The van der Waals surface area contributed by atoms with Crippen molar-refractivity contribution in [2.75, 3.05) is 0 Å². The fourth-order valence-electron chi connectivity index (χ4n) is 11.2. The van der Waals surface area contributed by atoms with Gasteiger partial charge in [0, 0.05) is 54.2 Å². The maximum Gasteiger partial charge on any atom is 0.237 e. The number of fused-ring (bicyclic) bond motifs is 23. The van der Waals surface area contributed by atoms with E-state index in [1.54, 1.807) is 0 Å². The van der Waals surface area contributed by atoms with E-state index in [0.29, 0.717) is 17.5 Å². The topological polar surface area (TPSA) is 87.7 Å². The average molecular weight is 817 g/mol. The summed E-state index contributed by atoms with van der Waals surface area (Å²) in [7, 11) is 0. The molecule has 0 bridgehead atoms. The molecule has 9 aromatic carbocycles. The van der Waals surface area contributed by atoms with E-state index >= 15 is 0 Å². The van der Waals surface area contributed by atoms with Crippen LogP contribution in [0.15, 0.2) is 179 Å². The lowest BCUT2D eigenvalue weighted by molar-refractivity contribution is 0.672. The van der Waals surface area contributed by atoms with E-state index < -0.39 is 0 Å². The van der Waals surface area contributed by atoms with Crippen molar-refractivity contribution in [2.24, 2.45) is 0 Å². The molecule has 0 spiro atoms. The Morgan fingerprint density at radius 1 is 0.312 bits per heavy atom. The maximum absolute atomic E-state index is 6.82. The van der Waals surface area contributed by atoms with Crippen molar-refractivity contribution in [3.05, 3.63) is 170 Å². The second-order valence-electron chi connectivity index (χ2n) is 16.8. The Kier molecular flexibility index (Phi) is 5.91. The lowest BCUT2D eigenvalue weighted by Crippen LogP contribution is -2.07. The highest BCUT2D eigenvalue weighted by Crippen LogP contribution is 2.50. The third-order valence-corrected chi connectivity index (χ3v) is 13.7. The van der Waals surface area contributed by atoms with E-state index in [2.05, 4.69) is 167 Å². The van der Waals surface area contributed by atoms with Gasteiger partial charge < -0.3 is 8.83 Å². The summed E-state index contributed by atoms with van der Waals surface area (Å²) in [6, 6.07) is 59.2. The van der Waals surface area contributed by atoms with Gasteiger partial charge in [-0.2, -0.15) is 9.97 Å². The molecule has 0 N–H and O–H groups in total. The van der Waals surface area contributed by atoms with Crippen LogP contribution in [0.5, 0.6) is 0 Å². The Balaban J connectivity index is 1.07. The third-order valence-electron chi connectivity index (χ3n) is 13.7. The molecule has 15 aromatic rings. The molecule has 0 saturated heterocycles. The molecular weight excluding hydrogens is 789 g/mol. The quantitative estimate of drug-likeness (QED) is 0.173. The van der Waals surface area contributed by atoms with Crippen molar-refractivity contribution in [3.63, 3.8) is 0 Å². The van der Waals surface area contributed by atoms with Crippen LogP contribution in [-0.2, 0) is 0 Å². The SMILES string of the molecule is c1ccc2c(c1)-c1nc(-n3c4ccccc4c4c5oc6ccccc6c5c5ccccc5c43)nc3nc(-n4c5ccccc5c5c6oc7ccccc7c6c6ccccc6c54)nc-2c13. The van der Waals surface area contributed by atoms with Gasteiger partial charge in [0.25, 0.3) is 0 Å².